The molecule has 6 nitrogen and oxygen atoms in total. The van der Waals surface area contributed by atoms with E-state index in [2.05, 4.69) is 10.4 Å². The molecule has 2 heterocycles. The van der Waals surface area contributed by atoms with E-state index in [1.54, 1.807) is 13.3 Å². The van der Waals surface area contributed by atoms with Gasteiger partial charge in [0.25, 0.3) is 0 Å². The third-order valence-corrected chi connectivity index (χ3v) is 4.57. The van der Waals surface area contributed by atoms with Gasteiger partial charge >= 0.3 is 0 Å². The van der Waals surface area contributed by atoms with Crippen LogP contribution in [0, 0.1) is 11.8 Å². The second-order valence-corrected chi connectivity index (χ2v) is 5.87. The van der Waals surface area contributed by atoms with Crippen LogP contribution in [0.25, 0.3) is 0 Å². The first-order chi connectivity index (χ1) is 10.3. The molecule has 0 bridgehead atoms. The fourth-order valence-electron chi connectivity index (χ4n) is 3.53. The zero-order valence-electron chi connectivity index (χ0n) is 12.4. The highest BCUT2D eigenvalue weighted by Crippen LogP contribution is 2.43. The second kappa shape index (κ2) is 6.58. The molecule has 1 aliphatic heterocycles. The largest absolute Gasteiger partial charge is 0.384 e. The van der Waals surface area contributed by atoms with Crippen LogP contribution in [0.4, 0.5) is 0 Å². The van der Waals surface area contributed by atoms with Crippen molar-refractivity contribution in [2.24, 2.45) is 11.8 Å². The van der Waals surface area contributed by atoms with E-state index in [0.717, 1.165) is 26.0 Å². The van der Waals surface area contributed by atoms with Crippen LogP contribution in [0.2, 0.25) is 0 Å². The van der Waals surface area contributed by atoms with E-state index in [4.69, 9.17) is 9.47 Å². The Bertz CT molecular complexity index is 463. The third kappa shape index (κ3) is 3.11. The van der Waals surface area contributed by atoms with E-state index < -0.39 is 0 Å². The van der Waals surface area contributed by atoms with Gasteiger partial charge in [0.1, 0.15) is 0 Å². The predicted octanol–water partition coefficient (Wildman–Crippen LogP) is 0.829. The van der Waals surface area contributed by atoms with Crippen molar-refractivity contribution in [1.29, 1.82) is 0 Å². The molecule has 21 heavy (non-hydrogen) atoms. The minimum absolute atomic E-state index is 0.124. The van der Waals surface area contributed by atoms with Crippen LogP contribution < -0.4 is 5.32 Å². The molecule has 6 heteroatoms. The summed E-state index contributed by atoms with van der Waals surface area (Å²) in [5, 5.41) is 7.31. The van der Waals surface area contributed by atoms with E-state index in [9.17, 15) is 4.79 Å². The van der Waals surface area contributed by atoms with E-state index in [0.29, 0.717) is 24.9 Å². The summed E-state index contributed by atoms with van der Waals surface area (Å²) >= 11 is 0. The Kier molecular flexibility index (Phi) is 4.55. The summed E-state index contributed by atoms with van der Waals surface area (Å²) < 4.78 is 12.8. The molecule has 2 fully saturated rings. The maximum absolute atomic E-state index is 12.1. The molecular weight excluding hydrogens is 270 g/mol. The molecule has 4 atom stereocenters. The molecule has 116 valence electrons. The zero-order chi connectivity index (χ0) is 14.7. The molecule has 1 aromatic heterocycles. The summed E-state index contributed by atoms with van der Waals surface area (Å²) in [5.41, 5.74) is 0. The molecule has 0 unspecified atom stereocenters. The Morgan fingerprint density at radius 1 is 1.57 bits per heavy atom. The number of amides is 1. The second-order valence-electron chi connectivity index (χ2n) is 5.87. The third-order valence-electron chi connectivity index (χ3n) is 4.57. The lowest BCUT2D eigenvalue weighted by Crippen LogP contribution is -2.62. The van der Waals surface area contributed by atoms with Gasteiger partial charge in [-0.3, -0.25) is 9.48 Å². The highest BCUT2D eigenvalue weighted by Gasteiger charge is 2.54. The van der Waals surface area contributed by atoms with Gasteiger partial charge in [-0.2, -0.15) is 5.10 Å². The molecular formula is C15H23N3O3. The molecule has 1 saturated heterocycles. The molecule has 1 amide bonds. The number of carbonyl (C=O) groups excluding carboxylic acids is 1. The summed E-state index contributed by atoms with van der Waals surface area (Å²) in [6, 6.07) is 2.11. The molecule has 3 rings (SSSR count). The number of fused-ring (bicyclic) bond motifs is 1. The van der Waals surface area contributed by atoms with Gasteiger partial charge in [0, 0.05) is 57.0 Å². The monoisotopic (exact) mass is 293 g/mol. The summed E-state index contributed by atoms with van der Waals surface area (Å²) in [6.07, 6.45) is 6.33. The maximum Gasteiger partial charge on any atom is 0.220 e. The molecule has 0 aromatic carbocycles. The summed E-state index contributed by atoms with van der Waals surface area (Å²) in [4.78, 5) is 12.1. The van der Waals surface area contributed by atoms with Crippen LogP contribution >= 0.6 is 0 Å². The molecule has 1 aromatic rings. The van der Waals surface area contributed by atoms with E-state index in [1.807, 2.05) is 16.9 Å². The van der Waals surface area contributed by atoms with Crippen LogP contribution in [0.5, 0.6) is 0 Å². The van der Waals surface area contributed by atoms with Crippen molar-refractivity contribution in [3.05, 3.63) is 18.5 Å². The van der Waals surface area contributed by atoms with Gasteiger partial charge in [0.05, 0.1) is 12.7 Å². The number of aryl methyl sites for hydroxylation is 1. The quantitative estimate of drug-likeness (QED) is 0.808. The first-order valence-corrected chi connectivity index (χ1v) is 7.67. The van der Waals surface area contributed by atoms with Gasteiger partial charge in [-0.15, -0.1) is 0 Å². The van der Waals surface area contributed by atoms with Crippen molar-refractivity contribution in [1.82, 2.24) is 15.1 Å². The molecule has 1 N–H and O–H groups in total. The van der Waals surface area contributed by atoms with Crippen LogP contribution in [0.1, 0.15) is 19.3 Å². The number of ether oxygens (including phenoxy) is 2. The van der Waals surface area contributed by atoms with E-state index in [1.165, 1.54) is 0 Å². The van der Waals surface area contributed by atoms with Crippen molar-refractivity contribution in [3.8, 4) is 0 Å². The smallest absolute Gasteiger partial charge is 0.220 e. The fraction of sp³-hybridized carbons (Fsp3) is 0.733. The van der Waals surface area contributed by atoms with Gasteiger partial charge in [0.15, 0.2) is 0 Å². The van der Waals surface area contributed by atoms with Gasteiger partial charge in [-0.25, -0.2) is 0 Å². The van der Waals surface area contributed by atoms with Crippen LogP contribution in [0.3, 0.4) is 0 Å². The van der Waals surface area contributed by atoms with E-state index in [-0.39, 0.29) is 18.1 Å². The Morgan fingerprint density at radius 3 is 3.24 bits per heavy atom. The Hall–Kier alpha value is -1.40. The van der Waals surface area contributed by atoms with Crippen molar-refractivity contribution >= 4 is 5.91 Å². The Labute approximate surface area is 124 Å². The molecule has 0 spiro atoms. The van der Waals surface area contributed by atoms with Crippen molar-refractivity contribution in [2.75, 3.05) is 20.3 Å². The minimum atomic E-state index is 0.124. The number of methoxy groups -OCH3 is 1. The first kappa shape index (κ1) is 14.5. The lowest BCUT2D eigenvalue weighted by molar-refractivity contribution is -0.129. The average Bonchev–Trinajstić information content (AvgIpc) is 3.12. The lowest BCUT2D eigenvalue weighted by atomic mass is 9.67. The zero-order valence-corrected chi connectivity index (χ0v) is 12.4. The summed E-state index contributed by atoms with van der Waals surface area (Å²) in [5.74, 6) is 0.899. The van der Waals surface area contributed by atoms with Gasteiger partial charge in [-0.05, 0) is 18.9 Å². The number of aromatic nitrogens is 2. The SMILES string of the molecule is COC[C@@H]1[C@H](NC(=O)CCCn2cccn2)[C@@H]2CCO[C@H]12. The molecule has 1 aliphatic carbocycles. The minimum Gasteiger partial charge on any atom is -0.384 e. The normalized spacial score (nSPS) is 30.7. The Balaban J connectivity index is 1.43. The number of hydrogen-bond donors (Lipinski definition) is 1. The highest BCUT2D eigenvalue weighted by molar-refractivity contribution is 5.76. The predicted molar refractivity (Wildman–Crippen MR) is 76.6 cm³/mol. The van der Waals surface area contributed by atoms with Crippen LogP contribution in [-0.4, -0.2) is 48.2 Å². The maximum atomic E-state index is 12.1. The number of hydrogen-bond acceptors (Lipinski definition) is 4. The molecule has 0 radical (unpaired) electrons. The standard InChI is InChI=1S/C15H23N3O3/c1-20-10-12-14(11-5-9-21-15(11)12)17-13(19)4-2-7-18-8-3-6-16-18/h3,6,8,11-12,14-15H,2,4-5,7,9-10H2,1H3,(H,17,19)/t11-,12+,14+,15-/m0/s1. The summed E-state index contributed by atoms with van der Waals surface area (Å²) in [7, 11) is 1.70. The lowest BCUT2D eigenvalue weighted by Gasteiger charge is -2.47. The number of rotatable bonds is 7. The fourth-order valence-corrected chi connectivity index (χ4v) is 3.53. The molecule has 2 aliphatic rings. The van der Waals surface area contributed by atoms with Crippen LogP contribution in [-0.2, 0) is 20.8 Å². The van der Waals surface area contributed by atoms with Gasteiger partial charge < -0.3 is 14.8 Å². The topological polar surface area (TPSA) is 65.4 Å². The first-order valence-electron chi connectivity index (χ1n) is 7.67. The van der Waals surface area contributed by atoms with E-state index >= 15 is 0 Å². The van der Waals surface area contributed by atoms with Crippen LogP contribution in [0.15, 0.2) is 18.5 Å². The van der Waals surface area contributed by atoms with Crippen molar-refractivity contribution in [3.63, 3.8) is 0 Å². The van der Waals surface area contributed by atoms with Crippen molar-refractivity contribution < 1.29 is 14.3 Å². The number of carbonyl (C=O) groups is 1. The van der Waals surface area contributed by atoms with Gasteiger partial charge in [0.2, 0.25) is 5.91 Å². The highest BCUT2D eigenvalue weighted by atomic mass is 16.5. The number of nitrogens with one attached hydrogen (secondary N) is 1. The molecule has 1 saturated carbocycles. The van der Waals surface area contributed by atoms with Crippen molar-refractivity contribution in [2.45, 2.75) is 38.0 Å². The Morgan fingerprint density at radius 2 is 2.48 bits per heavy atom. The average molecular weight is 293 g/mol. The summed E-state index contributed by atoms with van der Waals surface area (Å²) in [6.45, 7) is 2.24. The van der Waals surface area contributed by atoms with Gasteiger partial charge in [-0.1, -0.05) is 0 Å². The number of nitrogens with zero attached hydrogens (tertiary/aromatic N) is 2.